The molecule has 2 aliphatic rings. The number of hydrogen-bond acceptors (Lipinski definition) is 2. The van der Waals surface area contributed by atoms with E-state index in [0.717, 1.165) is 35.8 Å². The molecule has 0 bridgehead atoms. The van der Waals surface area contributed by atoms with Gasteiger partial charge in [-0.05, 0) is 71.3 Å². The average molecular weight is 564 g/mol. The number of fused-ring (bicyclic) bond motifs is 5. The molecule has 0 saturated heterocycles. The van der Waals surface area contributed by atoms with Crippen molar-refractivity contribution in [3.8, 4) is 17.6 Å². The van der Waals surface area contributed by atoms with Crippen LogP contribution in [0, 0.1) is 23.7 Å². The first-order valence-corrected chi connectivity index (χ1v) is 15.7. The summed E-state index contributed by atoms with van der Waals surface area (Å²) < 4.78 is 6.08. The third kappa shape index (κ3) is 6.04. The molecule has 1 unspecified atom stereocenters. The molecule has 2 heteroatoms. The Labute approximate surface area is 257 Å². The van der Waals surface area contributed by atoms with Crippen LogP contribution in [0.15, 0.2) is 103 Å². The largest absolute Gasteiger partial charge is 0.494 e. The number of anilines is 1. The first-order valence-electron chi connectivity index (χ1n) is 15.7. The Kier molecular flexibility index (Phi) is 8.52. The van der Waals surface area contributed by atoms with E-state index < -0.39 is 0 Å². The molecule has 0 N–H and O–H groups in total. The van der Waals surface area contributed by atoms with E-state index in [1.165, 1.54) is 64.0 Å². The van der Waals surface area contributed by atoms with E-state index in [9.17, 15) is 0 Å². The number of nitrogens with zero attached hydrogens (tertiary/aromatic N) is 1. The summed E-state index contributed by atoms with van der Waals surface area (Å²) >= 11 is 0. The molecule has 0 fully saturated rings. The third-order valence-corrected chi connectivity index (χ3v) is 8.68. The van der Waals surface area contributed by atoms with Crippen molar-refractivity contribution in [1.29, 1.82) is 0 Å². The number of rotatable bonds is 10. The van der Waals surface area contributed by atoms with E-state index >= 15 is 0 Å². The highest BCUT2D eigenvalue weighted by Crippen LogP contribution is 2.56. The molecule has 4 aromatic rings. The standard InChI is InChI=1S/C41H41NO/c1-29(2)13-12-14-30(3)27-28-43-33-24-21-31(22-25-33)23-26-37-34-17-8-9-18-35(34)40-39(37)36-19-10-11-20-38(36)41(40)42(4)32-15-6-5-7-16-32/h5-11,15-22,24-25,29-30H,12-14,27-28H2,1-4H3. The van der Waals surface area contributed by atoms with Crippen molar-refractivity contribution < 1.29 is 4.74 Å². The predicted molar refractivity (Wildman–Crippen MR) is 183 cm³/mol. The van der Waals surface area contributed by atoms with Crippen LogP contribution in [-0.4, -0.2) is 13.7 Å². The van der Waals surface area contributed by atoms with Crippen LogP contribution < -0.4 is 9.64 Å². The van der Waals surface area contributed by atoms with Gasteiger partial charge in [0.05, 0.1) is 12.3 Å². The quantitative estimate of drug-likeness (QED) is 0.178. The second-order valence-electron chi connectivity index (χ2n) is 12.3. The lowest BCUT2D eigenvalue weighted by atomic mass is 9.98. The minimum atomic E-state index is 0.695. The molecule has 2 nitrogen and oxygen atoms in total. The monoisotopic (exact) mass is 563 g/mol. The third-order valence-electron chi connectivity index (χ3n) is 8.68. The number of benzene rings is 4. The van der Waals surface area contributed by atoms with E-state index in [-0.39, 0.29) is 0 Å². The van der Waals surface area contributed by atoms with Crippen LogP contribution in [0.25, 0.3) is 22.4 Å². The molecular formula is C41H41NO. The summed E-state index contributed by atoms with van der Waals surface area (Å²) in [5.74, 6) is 9.48. The second-order valence-corrected chi connectivity index (χ2v) is 12.3. The molecule has 0 spiro atoms. The first-order chi connectivity index (χ1) is 21.0. The molecular weight excluding hydrogens is 522 g/mol. The highest BCUT2D eigenvalue weighted by atomic mass is 16.5. The van der Waals surface area contributed by atoms with E-state index in [2.05, 4.69) is 148 Å². The molecule has 6 rings (SSSR count). The maximum absolute atomic E-state index is 6.08. The van der Waals surface area contributed by atoms with Gasteiger partial charge in [-0.3, -0.25) is 0 Å². The lowest BCUT2D eigenvalue weighted by molar-refractivity contribution is 0.275. The zero-order valence-corrected chi connectivity index (χ0v) is 25.9. The SMILES string of the molecule is CC(C)CCCC(C)CCOc1ccc(C#CC2=C3C(=C(N(C)c4ccccc4)c4ccccc43)c3ccccc32)cc1. The Morgan fingerprint density at radius 2 is 1.26 bits per heavy atom. The maximum Gasteiger partial charge on any atom is 0.119 e. The van der Waals surface area contributed by atoms with Crippen molar-refractivity contribution in [1.82, 2.24) is 0 Å². The van der Waals surface area contributed by atoms with Gasteiger partial charge in [0.25, 0.3) is 0 Å². The van der Waals surface area contributed by atoms with E-state index in [1.54, 1.807) is 0 Å². The van der Waals surface area contributed by atoms with Crippen molar-refractivity contribution in [2.45, 2.75) is 46.5 Å². The number of allylic oxidation sites excluding steroid dienone is 3. The molecule has 0 saturated carbocycles. The van der Waals surface area contributed by atoms with E-state index in [1.807, 2.05) is 0 Å². The highest BCUT2D eigenvalue weighted by molar-refractivity contribution is 6.34. The normalized spacial score (nSPS) is 13.8. The summed E-state index contributed by atoms with van der Waals surface area (Å²) in [6, 6.07) is 36.3. The van der Waals surface area contributed by atoms with Crippen LogP contribution in [0.1, 0.15) is 74.3 Å². The number of ether oxygens (including phenoxy) is 1. The fourth-order valence-electron chi connectivity index (χ4n) is 6.30. The van der Waals surface area contributed by atoms with Crippen LogP contribution in [0.5, 0.6) is 5.75 Å². The van der Waals surface area contributed by atoms with Crippen molar-refractivity contribution in [2.24, 2.45) is 11.8 Å². The molecule has 43 heavy (non-hydrogen) atoms. The van der Waals surface area contributed by atoms with Crippen LogP contribution in [0.3, 0.4) is 0 Å². The Morgan fingerprint density at radius 1 is 0.628 bits per heavy atom. The average Bonchev–Trinajstić information content (AvgIpc) is 3.53. The van der Waals surface area contributed by atoms with Gasteiger partial charge in [-0.15, -0.1) is 0 Å². The Morgan fingerprint density at radius 3 is 1.95 bits per heavy atom. The smallest absolute Gasteiger partial charge is 0.119 e. The fraction of sp³-hybridized carbons (Fsp3) is 0.268. The minimum absolute atomic E-state index is 0.695. The van der Waals surface area contributed by atoms with Crippen LogP contribution in [0.4, 0.5) is 5.69 Å². The summed E-state index contributed by atoms with van der Waals surface area (Å²) in [5, 5.41) is 0. The van der Waals surface area contributed by atoms with Gasteiger partial charge in [-0.25, -0.2) is 0 Å². The second kappa shape index (κ2) is 12.8. The molecule has 0 aliphatic heterocycles. The Bertz CT molecular complexity index is 1710. The summed E-state index contributed by atoms with van der Waals surface area (Å²) in [6.45, 7) is 7.70. The van der Waals surface area contributed by atoms with E-state index in [4.69, 9.17) is 4.74 Å². The lowest BCUT2D eigenvalue weighted by Gasteiger charge is -2.23. The van der Waals surface area contributed by atoms with Gasteiger partial charge in [0.1, 0.15) is 5.75 Å². The van der Waals surface area contributed by atoms with E-state index in [0.29, 0.717) is 5.92 Å². The molecule has 0 heterocycles. The molecule has 216 valence electrons. The van der Waals surface area contributed by atoms with Gasteiger partial charge >= 0.3 is 0 Å². The molecule has 0 radical (unpaired) electrons. The summed E-state index contributed by atoms with van der Waals surface area (Å²) in [4.78, 5) is 2.32. The fourth-order valence-corrected chi connectivity index (χ4v) is 6.30. The van der Waals surface area contributed by atoms with Crippen molar-refractivity contribution >= 4 is 28.1 Å². The molecule has 4 aromatic carbocycles. The Hall–Kier alpha value is -4.48. The van der Waals surface area contributed by atoms with Gasteiger partial charge in [0.15, 0.2) is 0 Å². The van der Waals surface area contributed by atoms with Crippen molar-refractivity contribution in [3.05, 3.63) is 131 Å². The summed E-state index contributed by atoms with van der Waals surface area (Å²) in [7, 11) is 2.17. The summed E-state index contributed by atoms with van der Waals surface area (Å²) in [5.41, 5.74) is 12.0. The van der Waals surface area contributed by atoms with Gasteiger partial charge in [-0.2, -0.15) is 0 Å². The summed E-state index contributed by atoms with van der Waals surface area (Å²) in [6.07, 6.45) is 4.99. The van der Waals surface area contributed by atoms with Crippen molar-refractivity contribution in [2.75, 3.05) is 18.6 Å². The number of hydrogen-bond donors (Lipinski definition) is 0. The maximum atomic E-state index is 6.08. The molecule has 0 amide bonds. The highest BCUT2D eigenvalue weighted by Gasteiger charge is 2.37. The lowest BCUT2D eigenvalue weighted by Crippen LogP contribution is -2.15. The van der Waals surface area contributed by atoms with Crippen LogP contribution >= 0.6 is 0 Å². The Balaban J connectivity index is 1.26. The van der Waals surface area contributed by atoms with Crippen LogP contribution in [0.2, 0.25) is 0 Å². The van der Waals surface area contributed by atoms with Gasteiger partial charge in [-0.1, -0.05) is 119 Å². The van der Waals surface area contributed by atoms with Crippen LogP contribution in [-0.2, 0) is 0 Å². The van der Waals surface area contributed by atoms with Gasteiger partial charge in [0.2, 0.25) is 0 Å². The van der Waals surface area contributed by atoms with Crippen molar-refractivity contribution in [3.63, 3.8) is 0 Å². The molecule has 1 atom stereocenters. The topological polar surface area (TPSA) is 12.5 Å². The minimum Gasteiger partial charge on any atom is -0.494 e. The van der Waals surface area contributed by atoms with Gasteiger partial charge < -0.3 is 9.64 Å². The number of para-hydroxylation sites is 1. The molecule has 0 aromatic heterocycles. The van der Waals surface area contributed by atoms with Gasteiger partial charge in [0, 0.05) is 40.6 Å². The zero-order chi connectivity index (χ0) is 29.8. The zero-order valence-electron chi connectivity index (χ0n) is 25.9. The first kappa shape index (κ1) is 28.6. The molecule has 2 aliphatic carbocycles. The predicted octanol–water partition coefficient (Wildman–Crippen LogP) is 10.2.